The minimum Gasteiger partial charge on any atom is -0.394 e. The number of nitrogens with one attached hydrogen (secondary N) is 1. The van der Waals surface area contributed by atoms with Crippen LogP contribution in [-0.2, 0) is 4.74 Å². The molecule has 4 nitrogen and oxygen atoms in total. The lowest BCUT2D eigenvalue weighted by atomic mass is 10.0. The largest absolute Gasteiger partial charge is 0.394 e. The highest BCUT2D eigenvalue weighted by Gasteiger charge is 2.12. The molecule has 1 fully saturated rings. The van der Waals surface area contributed by atoms with Gasteiger partial charge in [-0.05, 0) is 25.8 Å². The van der Waals surface area contributed by atoms with E-state index in [1.165, 1.54) is 19.3 Å². The number of aliphatic hydroxyl groups excluding tert-OH is 2. The molecule has 0 aromatic rings. The molecule has 2 unspecified atom stereocenters. The van der Waals surface area contributed by atoms with Crippen molar-refractivity contribution in [3.8, 4) is 0 Å². The van der Waals surface area contributed by atoms with Crippen LogP contribution >= 0.6 is 0 Å². The molecule has 14 heavy (non-hydrogen) atoms. The maximum atomic E-state index is 9.00. The van der Waals surface area contributed by atoms with Crippen LogP contribution in [0.4, 0.5) is 0 Å². The molecule has 0 radical (unpaired) electrons. The first-order valence-electron chi connectivity index (χ1n) is 5.43. The molecular weight excluding hydrogens is 182 g/mol. The SMILES string of the molecule is OCC(O)COCCC1CCCCN1. The van der Waals surface area contributed by atoms with E-state index >= 15 is 0 Å². The number of ether oxygens (including phenoxy) is 1. The van der Waals surface area contributed by atoms with Crippen molar-refractivity contribution in [3.63, 3.8) is 0 Å². The molecular formula is C10H21NO3. The molecule has 1 aliphatic rings. The topological polar surface area (TPSA) is 61.7 Å². The van der Waals surface area contributed by atoms with E-state index in [0.717, 1.165) is 13.0 Å². The van der Waals surface area contributed by atoms with Crippen molar-refractivity contribution in [1.29, 1.82) is 0 Å². The van der Waals surface area contributed by atoms with Crippen LogP contribution in [0.5, 0.6) is 0 Å². The maximum absolute atomic E-state index is 9.00. The van der Waals surface area contributed by atoms with Gasteiger partial charge in [0.25, 0.3) is 0 Å². The highest BCUT2D eigenvalue weighted by atomic mass is 16.5. The molecule has 1 saturated heterocycles. The molecule has 1 aliphatic heterocycles. The second-order valence-corrected chi connectivity index (χ2v) is 3.85. The van der Waals surface area contributed by atoms with Gasteiger partial charge in [-0.15, -0.1) is 0 Å². The lowest BCUT2D eigenvalue weighted by Crippen LogP contribution is -2.35. The molecule has 0 spiro atoms. The van der Waals surface area contributed by atoms with E-state index in [-0.39, 0.29) is 13.2 Å². The lowest BCUT2D eigenvalue weighted by molar-refractivity contribution is 0.00343. The summed E-state index contributed by atoms with van der Waals surface area (Å²) in [5.74, 6) is 0. The Hall–Kier alpha value is -0.160. The first-order chi connectivity index (χ1) is 6.83. The van der Waals surface area contributed by atoms with E-state index in [9.17, 15) is 0 Å². The maximum Gasteiger partial charge on any atom is 0.100 e. The van der Waals surface area contributed by atoms with Crippen LogP contribution < -0.4 is 5.32 Å². The van der Waals surface area contributed by atoms with Crippen molar-refractivity contribution in [3.05, 3.63) is 0 Å². The summed E-state index contributed by atoms with van der Waals surface area (Å²) in [5.41, 5.74) is 0. The molecule has 0 aromatic carbocycles. The molecule has 2 atom stereocenters. The third-order valence-electron chi connectivity index (χ3n) is 2.54. The van der Waals surface area contributed by atoms with Gasteiger partial charge in [-0.2, -0.15) is 0 Å². The normalized spacial score (nSPS) is 24.9. The first kappa shape index (κ1) is 11.9. The first-order valence-corrected chi connectivity index (χ1v) is 5.43. The summed E-state index contributed by atoms with van der Waals surface area (Å²) in [6.07, 6.45) is 4.08. The fourth-order valence-electron chi connectivity index (χ4n) is 1.67. The quantitative estimate of drug-likeness (QED) is 0.527. The van der Waals surface area contributed by atoms with Crippen LogP contribution in [0.1, 0.15) is 25.7 Å². The summed E-state index contributed by atoms with van der Waals surface area (Å²) < 4.78 is 5.24. The van der Waals surface area contributed by atoms with Gasteiger partial charge in [-0.3, -0.25) is 0 Å². The van der Waals surface area contributed by atoms with Gasteiger partial charge in [-0.1, -0.05) is 6.42 Å². The predicted octanol–water partition coefficient (Wildman–Crippen LogP) is -0.112. The molecule has 0 amide bonds. The summed E-state index contributed by atoms with van der Waals surface area (Å²) in [6, 6.07) is 0.579. The molecule has 0 aliphatic carbocycles. The Bertz CT molecular complexity index is 137. The van der Waals surface area contributed by atoms with Crippen LogP contribution in [0.15, 0.2) is 0 Å². The summed E-state index contributed by atoms with van der Waals surface area (Å²) >= 11 is 0. The average molecular weight is 203 g/mol. The summed E-state index contributed by atoms with van der Waals surface area (Å²) in [4.78, 5) is 0. The monoisotopic (exact) mass is 203 g/mol. The van der Waals surface area contributed by atoms with Crippen LogP contribution in [-0.4, -0.2) is 48.7 Å². The standard InChI is InChI=1S/C10H21NO3/c12-7-10(13)8-14-6-4-9-3-1-2-5-11-9/h9-13H,1-8H2. The number of piperidine rings is 1. The zero-order chi connectivity index (χ0) is 10.2. The highest BCUT2D eigenvalue weighted by molar-refractivity contribution is 4.71. The summed E-state index contributed by atoms with van der Waals surface area (Å²) in [7, 11) is 0. The van der Waals surface area contributed by atoms with E-state index in [2.05, 4.69) is 5.32 Å². The van der Waals surface area contributed by atoms with Crippen molar-refractivity contribution < 1.29 is 14.9 Å². The molecule has 1 rings (SSSR count). The highest BCUT2D eigenvalue weighted by Crippen LogP contribution is 2.09. The second-order valence-electron chi connectivity index (χ2n) is 3.85. The van der Waals surface area contributed by atoms with Crippen LogP contribution in [0.25, 0.3) is 0 Å². The van der Waals surface area contributed by atoms with Gasteiger partial charge in [0.05, 0.1) is 13.2 Å². The molecule has 1 heterocycles. The van der Waals surface area contributed by atoms with Crippen molar-refractivity contribution >= 4 is 0 Å². The number of hydrogen-bond acceptors (Lipinski definition) is 4. The van der Waals surface area contributed by atoms with E-state index in [1.807, 2.05) is 0 Å². The zero-order valence-electron chi connectivity index (χ0n) is 8.61. The van der Waals surface area contributed by atoms with E-state index in [0.29, 0.717) is 12.6 Å². The van der Waals surface area contributed by atoms with Gasteiger partial charge in [0.1, 0.15) is 6.10 Å². The Morgan fingerprint density at radius 1 is 1.43 bits per heavy atom. The van der Waals surface area contributed by atoms with Gasteiger partial charge in [0.15, 0.2) is 0 Å². The van der Waals surface area contributed by atoms with Crippen molar-refractivity contribution in [1.82, 2.24) is 5.32 Å². The fourth-order valence-corrected chi connectivity index (χ4v) is 1.67. The average Bonchev–Trinajstić information content (AvgIpc) is 2.25. The smallest absolute Gasteiger partial charge is 0.100 e. The van der Waals surface area contributed by atoms with E-state index in [4.69, 9.17) is 14.9 Å². The molecule has 84 valence electrons. The van der Waals surface area contributed by atoms with Gasteiger partial charge in [0.2, 0.25) is 0 Å². The number of rotatable bonds is 6. The van der Waals surface area contributed by atoms with Crippen molar-refractivity contribution in [2.75, 3.05) is 26.4 Å². The minimum absolute atomic E-state index is 0.221. The number of aliphatic hydroxyl groups is 2. The summed E-state index contributed by atoms with van der Waals surface area (Å²) in [5, 5.41) is 21.0. The molecule has 0 saturated carbocycles. The predicted molar refractivity (Wildman–Crippen MR) is 54.2 cm³/mol. The van der Waals surface area contributed by atoms with E-state index < -0.39 is 6.10 Å². The van der Waals surface area contributed by atoms with Gasteiger partial charge < -0.3 is 20.3 Å². The van der Waals surface area contributed by atoms with Crippen LogP contribution in [0.3, 0.4) is 0 Å². The van der Waals surface area contributed by atoms with E-state index in [1.54, 1.807) is 0 Å². The third kappa shape index (κ3) is 4.91. The van der Waals surface area contributed by atoms with Crippen molar-refractivity contribution in [2.45, 2.75) is 37.8 Å². The minimum atomic E-state index is -0.727. The van der Waals surface area contributed by atoms with Crippen LogP contribution in [0.2, 0.25) is 0 Å². The fraction of sp³-hybridized carbons (Fsp3) is 1.00. The molecule has 4 heteroatoms. The lowest BCUT2D eigenvalue weighted by Gasteiger charge is -2.23. The Labute approximate surface area is 85.3 Å². The van der Waals surface area contributed by atoms with Gasteiger partial charge in [-0.25, -0.2) is 0 Å². The summed E-state index contributed by atoms with van der Waals surface area (Å²) in [6.45, 7) is 1.80. The van der Waals surface area contributed by atoms with Gasteiger partial charge >= 0.3 is 0 Å². The Kier molecular flexibility index (Phi) is 6.10. The van der Waals surface area contributed by atoms with Gasteiger partial charge in [0, 0.05) is 12.6 Å². The zero-order valence-corrected chi connectivity index (χ0v) is 8.61. The second kappa shape index (κ2) is 7.17. The van der Waals surface area contributed by atoms with Crippen molar-refractivity contribution in [2.24, 2.45) is 0 Å². The molecule has 0 aromatic heterocycles. The number of hydrogen-bond donors (Lipinski definition) is 3. The molecule has 3 N–H and O–H groups in total. The third-order valence-corrected chi connectivity index (χ3v) is 2.54. The van der Waals surface area contributed by atoms with Crippen LogP contribution in [0, 0.1) is 0 Å². The Morgan fingerprint density at radius 2 is 2.29 bits per heavy atom. The molecule has 0 bridgehead atoms. The Balaban J connectivity index is 1.92. The Morgan fingerprint density at radius 3 is 2.93 bits per heavy atom.